The predicted octanol–water partition coefficient (Wildman–Crippen LogP) is 4.60. The summed E-state index contributed by atoms with van der Waals surface area (Å²) >= 11 is 0. The summed E-state index contributed by atoms with van der Waals surface area (Å²) in [6.07, 6.45) is -4.38. The smallest absolute Gasteiger partial charge is 0.417 e. The molecule has 3 aromatic rings. The third-order valence-electron chi connectivity index (χ3n) is 4.69. The van der Waals surface area contributed by atoms with Crippen molar-refractivity contribution in [2.45, 2.75) is 33.1 Å². The number of ether oxygens (including phenoxy) is 1. The van der Waals surface area contributed by atoms with Crippen molar-refractivity contribution in [2.75, 3.05) is 13.6 Å². The van der Waals surface area contributed by atoms with Crippen molar-refractivity contribution < 1.29 is 27.2 Å². The number of halogens is 3. The highest BCUT2D eigenvalue weighted by molar-refractivity contribution is 5.95. The fraction of sp³-hybridized carbons (Fsp3) is 0.318. The second-order valence-electron chi connectivity index (χ2n) is 7.18. The van der Waals surface area contributed by atoms with Gasteiger partial charge in [-0.1, -0.05) is 29.4 Å². The van der Waals surface area contributed by atoms with Crippen LogP contribution in [0, 0.1) is 13.8 Å². The lowest BCUT2D eigenvalue weighted by Gasteiger charge is -2.19. The maximum absolute atomic E-state index is 13.2. The number of hydrogen-bond acceptors (Lipinski definition) is 5. The van der Waals surface area contributed by atoms with Crippen LogP contribution in [0.2, 0.25) is 0 Å². The molecule has 0 aliphatic heterocycles. The molecule has 31 heavy (non-hydrogen) atoms. The van der Waals surface area contributed by atoms with Crippen LogP contribution in [0.25, 0.3) is 0 Å². The predicted molar refractivity (Wildman–Crippen MR) is 107 cm³/mol. The standard InChI is InChI=1S/C22H22F3N3O3/c1-14-8-9-15(2)18(12-14)30-13-20-26-19(27-31-20)10-11-28(3)21(29)16-6-4-5-7-17(16)22(23,24)25/h4-9,12H,10-11,13H2,1-3H3. The molecule has 0 aliphatic carbocycles. The van der Waals surface area contributed by atoms with Gasteiger partial charge in [-0.15, -0.1) is 0 Å². The van der Waals surface area contributed by atoms with Gasteiger partial charge >= 0.3 is 6.18 Å². The number of carbonyl (C=O) groups is 1. The highest BCUT2D eigenvalue weighted by Gasteiger charge is 2.35. The average molecular weight is 433 g/mol. The quantitative estimate of drug-likeness (QED) is 0.545. The van der Waals surface area contributed by atoms with Crippen LogP contribution in [-0.2, 0) is 19.2 Å². The molecule has 0 radical (unpaired) electrons. The Labute approximate surface area is 177 Å². The maximum Gasteiger partial charge on any atom is 0.417 e. The van der Waals surface area contributed by atoms with Gasteiger partial charge in [-0.25, -0.2) is 0 Å². The lowest BCUT2D eigenvalue weighted by atomic mass is 10.1. The Balaban J connectivity index is 1.58. The summed E-state index contributed by atoms with van der Waals surface area (Å²) in [7, 11) is 1.43. The fourth-order valence-electron chi connectivity index (χ4n) is 2.94. The van der Waals surface area contributed by atoms with Gasteiger partial charge in [0.15, 0.2) is 12.4 Å². The number of benzene rings is 2. The number of aryl methyl sites for hydroxylation is 2. The molecule has 0 bridgehead atoms. The number of alkyl halides is 3. The Morgan fingerprint density at radius 2 is 1.90 bits per heavy atom. The first-order valence-electron chi connectivity index (χ1n) is 9.58. The Hall–Kier alpha value is -3.36. The van der Waals surface area contributed by atoms with E-state index in [4.69, 9.17) is 9.26 Å². The summed E-state index contributed by atoms with van der Waals surface area (Å²) in [5.41, 5.74) is 0.682. The zero-order valence-corrected chi connectivity index (χ0v) is 17.4. The molecule has 1 heterocycles. The molecule has 164 valence electrons. The van der Waals surface area contributed by atoms with Crippen molar-refractivity contribution in [3.8, 4) is 5.75 Å². The molecule has 0 saturated carbocycles. The molecule has 1 amide bonds. The summed E-state index contributed by atoms with van der Waals surface area (Å²) < 4.78 is 50.3. The Morgan fingerprint density at radius 3 is 2.65 bits per heavy atom. The van der Waals surface area contributed by atoms with Crippen molar-refractivity contribution >= 4 is 5.91 Å². The van der Waals surface area contributed by atoms with Gasteiger partial charge in [0.25, 0.3) is 11.8 Å². The number of likely N-dealkylation sites (N-methyl/N-ethyl adjacent to an activating group) is 1. The third kappa shape index (κ3) is 5.62. The van der Waals surface area contributed by atoms with Crippen LogP contribution in [0.15, 0.2) is 47.0 Å². The minimum Gasteiger partial charge on any atom is -0.483 e. The molecule has 0 aliphatic rings. The van der Waals surface area contributed by atoms with Crippen molar-refractivity contribution in [3.63, 3.8) is 0 Å². The van der Waals surface area contributed by atoms with Crippen LogP contribution in [-0.4, -0.2) is 34.5 Å². The highest BCUT2D eigenvalue weighted by Crippen LogP contribution is 2.32. The van der Waals surface area contributed by atoms with Crippen molar-refractivity contribution in [1.29, 1.82) is 0 Å². The number of nitrogens with zero attached hydrogens (tertiary/aromatic N) is 3. The van der Waals surface area contributed by atoms with Gasteiger partial charge in [-0.05, 0) is 43.2 Å². The van der Waals surface area contributed by atoms with E-state index in [-0.39, 0.29) is 25.5 Å². The third-order valence-corrected chi connectivity index (χ3v) is 4.69. The summed E-state index contributed by atoms with van der Waals surface area (Å²) in [5, 5.41) is 3.85. The summed E-state index contributed by atoms with van der Waals surface area (Å²) in [6, 6.07) is 10.6. The topological polar surface area (TPSA) is 68.5 Å². The summed E-state index contributed by atoms with van der Waals surface area (Å²) in [6.45, 7) is 4.10. The van der Waals surface area contributed by atoms with E-state index in [0.29, 0.717) is 11.6 Å². The van der Waals surface area contributed by atoms with Crippen molar-refractivity contribution in [2.24, 2.45) is 0 Å². The Bertz CT molecular complexity index is 1060. The van der Waals surface area contributed by atoms with E-state index in [1.165, 1.54) is 30.1 Å². The number of rotatable bonds is 7. The van der Waals surface area contributed by atoms with Gasteiger partial charge in [-0.3, -0.25) is 4.79 Å². The maximum atomic E-state index is 13.2. The lowest BCUT2D eigenvalue weighted by molar-refractivity contribution is -0.138. The van der Waals surface area contributed by atoms with Gasteiger partial charge in [-0.2, -0.15) is 18.2 Å². The number of amides is 1. The van der Waals surface area contributed by atoms with Crippen molar-refractivity contribution in [3.05, 3.63) is 76.4 Å². The van der Waals surface area contributed by atoms with E-state index < -0.39 is 23.2 Å². The van der Waals surface area contributed by atoms with Crippen LogP contribution < -0.4 is 4.74 Å². The molecule has 0 spiro atoms. The van der Waals surface area contributed by atoms with Crippen LogP contribution in [0.5, 0.6) is 5.75 Å². The zero-order valence-electron chi connectivity index (χ0n) is 17.4. The molecule has 3 rings (SSSR count). The van der Waals surface area contributed by atoms with Crippen LogP contribution in [0.1, 0.15) is 38.8 Å². The SMILES string of the molecule is Cc1ccc(C)c(OCc2nc(CCN(C)C(=O)c3ccccc3C(F)(F)F)no2)c1. The van der Waals surface area contributed by atoms with Crippen LogP contribution in [0.3, 0.4) is 0 Å². The monoisotopic (exact) mass is 433 g/mol. The second-order valence-corrected chi connectivity index (χ2v) is 7.18. The molecule has 9 heteroatoms. The molecule has 1 aromatic heterocycles. The molecule has 2 aromatic carbocycles. The minimum absolute atomic E-state index is 0.0883. The first kappa shape index (κ1) is 22.3. The molecule has 6 nitrogen and oxygen atoms in total. The molecule has 0 atom stereocenters. The van der Waals surface area contributed by atoms with Gasteiger partial charge < -0.3 is 14.2 Å². The summed E-state index contributed by atoms with van der Waals surface area (Å²) in [5.74, 6) is 0.596. The van der Waals surface area contributed by atoms with E-state index in [0.717, 1.165) is 17.2 Å². The first-order chi connectivity index (χ1) is 14.6. The van der Waals surface area contributed by atoms with E-state index >= 15 is 0 Å². The largest absolute Gasteiger partial charge is 0.483 e. The molecule has 0 fully saturated rings. The van der Waals surface area contributed by atoms with Gasteiger partial charge in [0.1, 0.15) is 5.75 Å². The van der Waals surface area contributed by atoms with Crippen molar-refractivity contribution in [1.82, 2.24) is 15.0 Å². The Kier molecular flexibility index (Phi) is 6.62. The zero-order chi connectivity index (χ0) is 22.6. The molecular weight excluding hydrogens is 411 g/mol. The van der Waals surface area contributed by atoms with E-state index in [2.05, 4.69) is 10.1 Å². The fourth-order valence-corrected chi connectivity index (χ4v) is 2.94. The molecule has 0 N–H and O–H groups in total. The Morgan fingerprint density at radius 1 is 1.16 bits per heavy atom. The van der Waals surface area contributed by atoms with Crippen LogP contribution in [0.4, 0.5) is 13.2 Å². The molecule has 0 saturated heterocycles. The number of aromatic nitrogens is 2. The normalized spacial score (nSPS) is 11.4. The highest BCUT2D eigenvalue weighted by atomic mass is 19.4. The number of carbonyl (C=O) groups excluding carboxylic acids is 1. The average Bonchev–Trinajstić information content (AvgIpc) is 3.19. The molecule has 0 unspecified atom stereocenters. The van der Waals surface area contributed by atoms with E-state index in [9.17, 15) is 18.0 Å². The van der Waals surface area contributed by atoms with Gasteiger partial charge in [0.2, 0.25) is 0 Å². The summed E-state index contributed by atoms with van der Waals surface area (Å²) in [4.78, 5) is 17.9. The second kappa shape index (κ2) is 9.20. The van der Waals surface area contributed by atoms with E-state index in [1.807, 2.05) is 32.0 Å². The lowest BCUT2D eigenvalue weighted by Crippen LogP contribution is -2.30. The minimum atomic E-state index is -4.61. The molecular formula is C22H22F3N3O3. The van der Waals surface area contributed by atoms with E-state index in [1.54, 1.807) is 0 Å². The first-order valence-corrected chi connectivity index (χ1v) is 9.58. The van der Waals surface area contributed by atoms with Crippen LogP contribution >= 0.6 is 0 Å². The van der Waals surface area contributed by atoms with Gasteiger partial charge in [0, 0.05) is 20.0 Å². The number of hydrogen-bond donors (Lipinski definition) is 0. The van der Waals surface area contributed by atoms with Gasteiger partial charge in [0.05, 0.1) is 11.1 Å².